The predicted octanol–water partition coefficient (Wildman–Crippen LogP) is 4.98. The Labute approximate surface area is 116 Å². The minimum absolute atomic E-state index is 0.0337. The van der Waals surface area contributed by atoms with Gasteiger partial charge in [-0.3, -0.25) is 4.79 Å². The molecule has 20 heavy (non-hydrogen) atoms. The molecule has 0 spiro atoms. The number of benzene rings is 2. The summed E-state index contributed by atoms with van der Waals surface area (Å²) in [5.74, 6) is -0.630. The van der Waals surface area contributed by atoms with E-state index in [-0.39, 0.29) is 21.7 Å². The topological polar surface area (TPSA) is 17.1 Å². The first-order valence-electron chi connectivity index (χ1n) is 5.44. The highest BCUT2D eigenvalue weighted by Gasteiger charge is 2.31. The van der Waals surface area contributed by atoms with Gasteiger partial charge in [-0.05, 0) is 42.0 Å². The first kappa shape index (κ1) is 14.5. The molecule has 2 rings (SSSR count). The molecule has 0 saturated heterocycles. The maximum absolute atomic E-state index is 13.2. The summed E-state index contributed by atoms with van der Waals surface area (Å²) in [5, 5.41) is 0.0996. The monoisotopic (exact) mass is 302 g/mol. The third-order valence-corrected chi connectivity index (χ3v) is 2.99. The molecule has 0 saturated carbocycles. The average Bonchev–Trinajstić information content (AvgIpc) is 2.40. The van der Waals surface area contributed by atoms with Gasteiger partial charge < -0.3 is 0 Å². The van der Waals surface area contributed by atoms with Crippen LogP contribution in [-0.4, -0.2) is 6.29 Å². The summed E-state index contributed by atoms with van der Waals surface area (Å²) in [4.78, 5) is 10.7. The lowest BCUT2D eigenvalue weighted by molar-refractivity contribution is -0.137. The summed E-state index contributed by atoms with van der Waals surface area (Å²) in [6.45, 7) is 0. The Morgan fingerprint density at radius 2 is 1.75 bits per heavy atom. The zero-order chi connectivity index (χ0) is 14.9. The van der Waals surface area contributed by atoms with E-state index in [0.717, 1.165) is 24.3 Å². The van der Waals surface area contributed by atoms with Crippen molar-refractivity contribution < 1.29 is 22.4 Å². The molecule has 6 heteroatoms. The number of hydrogen-bond donors (Lipinski definition) is 0. The van der Waals surface area contributed by atoms with E-state index in [0.29, 0.717) is 6.29 Å². The van der Waals surface area contributed by atoms with Crippen LogP contribution in [0.1, 0.15) is 15.9 Å². The molecule has 0 aromatic heterocycles. The van der Waals surface area contributed by atoms with Crippen molar-refractivity contribution in [2.24, 2.45) is 0 Å². The molecule has 0 radical (unpaired) electrons. The Hall–Kier alpha value is -1.88. The zero-order valence-corrected chi connectivity index (χ0v) is 10.6. The van der Waals surface area contributed by atoms with E-state index in [4.69, 9.17) is 11.6 Å². The molecule has 0 aliphatic rings. The van der Waals surface area contributed by atoms with Gasteiger partial charge in [-0.25, -0.2) is 4.39 Å². The van der Waals surface area contributed by atoms with Gasteiger partial charge in [-0.1, -0.05) is 11.6 Å². The first-order chi connectivity index (χ1) is 9.31. The highest BCUT2D eigenvalue weighted by Crippen LogP contribution is 2.35. The lowest BCUT2D eigenvalue weighted by Crippen LogP contribution is -2.06. The summed E-state index contributed by atoms with van der Waals surface area (Å²) < 4.78 is 51.5. The molecule has 0 N–H and O–H groups in total. The molecule has 0 aliphatic heterocycles. The maximum Gasteiger partial charge on any atom is 0.416 e. The minimum Gasteiger partial charge on any atom is -0.298 e. The van der Waals surface area contributed by atoms with E-state index in [9.17, 15) is 22.4 Å². The van der Waals surface area contributed by atoms with E-state index in [1.807, 2.05) is 0 Å². The fourth-order valence-corrected chi connectivity index (χ4v) is 1.98. The van der Waals surface area contributed by atoms with Crippen LogP contribution in [0.2, 0.25) is 5.02 Å². The summed E-state index contributed by atoms with van der Waals surface area (Å²) in [6.07, 6.45) is -4.31. The maximum atomic E-state index is 13.2. The smallest absolute Gasteiger partial charge is 0.298 e. The largest absolute Gasteiger partial charge is 0.416 e. The fraction of sp³-hybridized carbons (Fsp3) is 0.0714. The molecule has 1 nitrogen and oxygen atoms in total. The molecule has 2 aromatic carbocycles. The quantitative estimate of drug-likeness (QED) is 0.565. The van der Waals surface area contributed by atoms with E-state index in [2.05, 4.69) is 0 Å². The molecule has 0 amide bonds. The van der Waals surface area contributed by atoms with Gasteiger partial charge in [0.05, 0.1) is 5.56 Å². The third-order valence-electron chi connectivity index (χ3n) is 2.66. The average molecular weight is 303 g/mol. The molecule has 0 bridgehead atoms. The number of rotatable bonds is 2. The Bertz CT molecular complexity index is 665. The molecule has 0 fully saturated rings. The molecule has 2 aromatic rings. The van der Waals surface area contributed by atoms with Gasteiger partial charge in [0.1, 0.15) is 12.1 Å². The summed E-state index contributed by atoms with van der Waals surface area (Å²) in [7, 11) is 0. The van der Waals surface area contributed by atoms with Gasteiger partial charge in [-0.2, -0.15) is 13.2 Å². The Morgan fingerprint density at radius 1 is 1.05 bits per heavy atom. The van der Waals surface area contributed by atoms with Gasteiger partial charge >= 0.3 is 6.18 Å². The van der Waals surface area contributed by atoms with Crippen molar-refractivity contribution in [2.75, 3.05) is 0 Å². The lowest BCUT2D eigenvalue weighted by atomic mass is 9.99. The molecular weight excluding hydrogens is 296 g/mol. The number of hydrogen-bond acceptors (Lipinski definition) is 1. The second-order valence-electron chi connectivity index (χ2n) is 4.08. The number of aldehydes is 1. The van der Waals surface area contributed by atoms with Crippen LogP contribution in [0.5, 0.6) is 0 Å². The zero-order valence-electron chi connectivity index (χ0n) is 9.84. The van der Waals surface area contributed by atoms with Gasteiger partial charge in [0.2, 0.25) is 0 Å². The summed E-state index contributed by atoms with van der Waals surface area (Å²) in [6, 6.07) is 6.14. The van der Waals surface area contributed by atoms with E-state index >= 15 is 0 Å². The predicted molar refractivity (Wildman–Crippen MR) is 67.2 cm³/mol. The van der Waals surface area contributed by atoms with Crippen LogP contribution in [0.3, 0.4) is 0 Å². The minimum atomic E-state index is -4.60. The van der Waals surface area contributed by atoms with Gasteiger partial charge in [0.15, 0.2) is 0 Å². The second-order valence-corrected chi connectivity index (χ2v) is 4.49. The van der Waals surface area contributed by atoms with Crippen molar-refractivity contribution in [3.05, 3.63) is 58.4 Å². The second kappa shape index (κ2) is 5.25. The Kier molecular flexibility index (Phi) is 3.81. The van der Waals surface area contributed by atoms with E-state index < -0.39 is 17.6 Å². The Morgan fingerprint density at radius 3 is 2.35 bits per heavy atom. The number of alkyl halides is 3. The van der Waals surface area contributed by atoms with Crippen LogP contribution < -0.4 is 0 Å². The molecule has 0 heterocycles. The van der Waals surface area contributed by atoms with Crippen molar-refractivity contribution in [1.82, 2.24) is 0 Å². The summed E-state index contributed by atoms with van der Waals surface area (Å²) >= 11 is 5.86. The fourth-order valence-electron chi connectivity index (χ4n) is 1.76. The van der Waals surface area contributed by atoms with Crippen LogP contribution in [0.4, 0.5) is 17.6 Å². The molecule has 0 aliphatic carbocycles. The molecule has 0 atom stereocenters. The van der Waals surface area contributed by atoms with Crippen LogP contribution in [0, 0.1) is 5.82 Å². The standard InChI is InChI=1S/C14H7ClF4O/c15-13-2-1-11(16)6-12(13)9-3-8(7-20)4-10(5-9)14(17,18)19/h1-7H. The van der Waals surface area contributed by atoms with Gasteiger partial charge in [0.25, 0.3) is 0 Å². The number of halogens is 5. The molecule has 104 valence electrons. The van der Waals surface area contributed by atoms with Crippen molar-refractivity contribution >= 4 is 17.9 Å². The third kappa shape index (κ3) is 2.99. The van der Waals surface area contributed by atoms with Crippen molar-refractivity contribution in [3.63, 3.8) is 0 Å². The van der Waals surface area contributed by atoms with Crippen LogP contribution in [0.15, 0.2) is 36.4 Å². The normalized spacial score (nSPS) is 11.4. The first-order valence-corrected chi connectivity index (χ1v) is 5.82. The van der Waals surface area contributed by atoms with Crippen LogP contribution in [-0.2, 0) is 6.18 Å². The van der Waals surface area contributed by atoms with Crippen LogP contribution in [0.25, 0.3) is 11.1 Å². The van der Waals surface area contributed by atoms with Gasteiger partial charge in [0, 0.05) is 16.1 Å². The molecular formula is C14H7ClF4O. The highest BCUT2D eigenvalue weighted by atomic mass is 35.5. The van der Waals surface area contributed by atoms with Crippen molar-refractivity contribution in [3.8, 4) is 11.1 Å². The lowest BCUT2D eigenvalue weighted by Gasteiger charge is -2.11. The summed E-state index contributed by atoms with van der Waals surface area (Å²) in [5.41, 5.74) is -1.01. The van der Waals surface area contributed by atoms with Crippen molar-refractivity contribution in [1.29, 1.82) is 0 Å². The van der Waals surface area contributed by atoms with Crippen LogP contribution >= 0.6 is 11.6 Å². The van der Waals surface area contributed by atoms with E-state index in [1.54, 1.807) is 0 Å². The number of carbonyl (C=O) groups is 1. The Balaban J connectivity index is 2.67. The number of carbonyl (C=O) groups excluding carboxylic acids is 1. The SMILES string of the molecule is O=Cc1cc(-c2cc(F)ccc2Cl)cc(C(F)(F)F)c1. The van der Waals surface area contributed by atoms with Gasteiger partial charge in [-0.15, -0.1) is 0 Å². The van der Waals surface area contributed by atoms with Crippen molar-refractivity contribution in [2.45, 2.75) is 6.18 Å². The highest BCUT2D eigenvalue weighted by molar-refractivity contribution is 6.33. The van der Waals surface area contributed by atoms with E-state index in [1.165, 1.54) is 12.1 Å². The molecule has 0 unspecified atom stereocenters.